The first-order valence-corrected chi connectivity index (χ1v) is 11.9. The number of benzene rings is 3. The molecule has 3 aromatic carbocycles. The summed E-state index contributed by atoms with van der Waals surface area (Å²) in [5.41, 5.74) is 6.10. The first kappa shape index (κ1) is 19.2. The zero-order valence-electron chi connectivity index (χ0n) is 17.4. The molecule has 4 heteroatoms. The van der Waals surface area contributed by atoms with Crippen LogP contribution in [0.1, 0.15) is 47.1 Å². The highest BCUT2D eigenvalue weighted by molar-refractivity contribution is 14.1. The molecular formula is C27H22INO2. The fourth-order valence-corrected chi connectivity index (χ4v) is 7.28. The fourth-order valence-electron chi connectivity index (χ4n) is 6.64. The predicted octanol–water partition coefficient (Wildman–Crippen LogP) is 5.56. The molecule has 0 unspecified atom stereocenters. The number of imide groups is 1. The third kappa shape index (κ3) is 2.24. The molecule has 1 heterocycles. The molecule has 2 amide bonds. The summed E-state index contributed by atoms with van der Waals surface area (Å²) in [5.74, 6) is -0.882. The molecule has 0 spiro atoms. The van der Waals surface area contributed by atoms with Crippen LogP contribution < -0.4 is 4.90 Å². The summed E-state index contributed by atoms with van der Waals surface area (Å²) in [6, 6.07) is 22.8. The van der Waals surface area contributed by atoms with Crippen LogP contribution in [-0.4, -0.2) is 11.8 Å². The molecule has 1 saturated heterocycles. The minimum atomic E-state index is -0.467. The lowest BCUT2D eigenvalue weighted by Gasteiger charge is -2.54. The number of anilines is 1. The maximum atomic E-state index is 14.1. The van der Waals surface area contributed by atoms with Gasteiger partial charge >= 0.3 is 0 Å². The van der Waals surface area contributed by atoms with Crippen molar-refractivity contribution in [2.24, 2.45) is 11.8 Å². The zero-order chi connectivity index (χ0) is 21.5. The van der Waals surface area contributed by atoms with Crippen molar-refractivity contribution in [2.75, 3.05) is 4.90 Å². The zero-order valence-corrected chi connectivity index (χ0v) is 19.6. The molecule has 31 heavy (non-hydrogen) atoms. The predicted molar refractivity (Wildman–Crippen MR) is 129 cm³/mol. The summed E-state index contributed by atoms with van der Waals surface area (Å²) in [7, 11) is 0. The Labute approximate surface area is 195 Å². The minimum absolute atomic E-state index is 0.0461. The molecule has 154 valence electrons. The fraction of sp³-hybridized carbons (Fsp3) is 0.259. The van der Waals surface area contributed by atoms with Crippen LogP contribution in [-0.2, 0) is 15.0 Å². The van der Waals surface area contributed by atoms with E-state index in [-0.39, 0.29) is 29.6 Å². The van der Waals surface area contributed by atoms with Crippen molar-refractivity contribution >= 4 is 40.1 Å². The smallest absolute Gasteiger partial charge is 0.238 e. The Kier molecular flexibility index (Phi) is 4.04. The molecule has 7 rings (SSSR count). The van der Waals surface area contributed by atoms with Crippen molar-refractivity contribution in [3.05, 3.63) is 98.1 Å². The Balaban J connectivity index is 1.64. The van der Waals surface area contributed by atoms with Crippen LogP contribution in [0.2, 0.25) is 0 Å². The van der Waals surface area contributed by atoms with Crippen LogP contribution >= 0.6 is 22.6 Å². The Bertz CT molecular complexity index is 1230. The highest BCUT2D eigenvalue weighted by atomic mass is 127. The van der Waals surface area contributed by atoms with Crippen molar-refractivity contribution in [3.63, 3.8) is 0 Å². The third-order valence-corrected chi connectivity index (χ3v) is 8.42. The topological polar surface area (TPSA) is 37.4 Å². The Morgan fingerprint density at radius 3 is 2.10 bits per heavy atom. The third-order valence-electron chi connectivity index (χ3n) is 7.75. The standard InChI is InChI=1S/C27H22INO2/c1-3-27-19-10-6-4-8-17(19)22(18-9-5-7-11-20(18)27)23-24(27)26(31)29(25(23)30)21-13-12-16(28)14-15(21)2/h4-14,22-24H,3H2,1-2H3/t22?,23-,24+,27?/m1/s1. The Morgan fingerprint density at radius 1 is 0.903 bits per heavy atom. The van der Waals surface area contributed by atoms with Gasteiger partial charge in [0.1, 0.15) is 0 Å². The molecule has 1 fully saturated rings. The number of carbonyl (C=O) groups is 2. The van der Waals surface area contributed by atoms with Gasteiger partial charge in [-0.3, -0.25) is 9.59 Å². The minimum Gasteiger partial charge on any atom is -0.274 e. The number of halogens is 1. The van der Waals surface area contributed by atoms with Gasteiger partial charge < -0.3 is 0 Å². The van der Waals surface area contributed by atoms with E-state index in [0.717, 1.165) is 21.2 Å². The number of carbonyl (C=O) groups excluding carboxylic acids is 2. The van der Waals surface area contributed by atoms with Gasteiger partial charge in [-0.05, 0) is 82.0 Å². The first-order chi connectivity index (χ1) is 15.0. The van der Waals surface area contributed by atoms with Crippen molar-refractivity contribution in [3.8, 4) is 0 Å². The van der Waals surface area contributed by atoms with Crippen molar-refractivity contribution in [2.45, 2.75) is 31.6 Å². The van der Waals surface area contributed by atoms with Crippen molar-refractivity contribution in [1.82, 2.24) is 0 Å². The van der Waals surface area contributed by atoms with Crippen LogP contribution in [0.3, 0.4) is 0 Å². The second-order valence-corrected chi connectivity index (χ2v) is 10.2. The van der Waals surface area contributed by atoms with Gasteiger partial charge in [0, 0.05) is 14.9 Å². The van der Waals surface area contributed by atoms with E-state index in [1.54, 1.807) is 0 Å². The van der Waals surface area contributed by atoms with E-state index in [0.29, 0.717) is 0 Å². The number of aryl methyl sites for hydroxylation is 1. The largest absolute Gasteiger partial charge is 0.274 e. The second-order valence-electron chi connectivity index (χ2n) is 8.92. The van der Waals surface area contributed by atoms with E-state index in [1.165, 1.54) is 27.2 Å². The SMILES string of the molecule is CCC12c3ccccc3C(c3ccccc31)[C@H]1C(=O)N(c3ccc(I)cc3C)C(=O)[C@H]12. The Hall–Kier alpha value is -2.47. The van der Waals surface area contributed by atoms with Gasteiger partial charge in [-0.2, -0.15) is 0 Å². The molecule has 2 atom stereocenters. The van der Waals surface area contributed by atoms with Crippen molar-refractivity contribution < 1.29 is 9.59 Å². The van der Waals surface area contributed by atoms with Crippen LogP contribution in [0.15, 0.2) is 66.7 Å². The first-order valence-electron chi connectivity index (χ1n) is 10.8. The van der Waals surface area contributed by atoms with Crippen LogP contribution in [0, 0.1) is 22.3 Å². The van der Waals surface area contributed by atoms with Gasteiger partial charge in [0.05, 0.1) is 17.5 Å². The summed E-state index contributed by atoms with van der Waals surface area (Å²) in [6.07, 6.45) is 0.785. The van der Waals surface area contributed by atoms with Crippen molar-refractivity contribution in [1.29, 1.82) is 0 Å². The molecular weight excluding hydrogens is 497 g/mol. The van der Waals surface area contributed by atoms with Gasteiger partial charge in [-0.15, -0.1) is 0 Å². The summed E-state index contributed by atoms with van der Waals surface area (Å²) in [4.78, 5) is 29.5. The maximum Gasteiger partial charge on any atom is 0.238 e. The lowest BCUT2D eigenvalue weighted by atomic mass is 9.46. The van der Waals surface area contributed by atoms with E-state index in [1.807, 2.05) is 25.1 Å². The summed E-state index contributed by atoms with van der Waals surface area (Å²) >= 11 is 2.27. The molecule has 2 bridgehead atoms. The average Bonchev–Trinajstić information content (AvgIpc) is 3.05. The van der Waals surface area contributed by atoms with E-state index < -0.39 is 5.41 Å². The maximum absolute atomic E-state index is 14.1. The molecule has 0 saturated carbocycles. The summed E-state index contributed by atoms with van der Waals surface area (Å²) < 4.78 is 1.10. The number of rotatable bonds is 2. The van der Waals surface area contributed by atoms with Gasteiger partial charge in [-0.1, -0.05) is 55.5 Å². The summed E-state index contributed by atoms with van der Waals surface area (Å²) in [6.45, 7) is 4.14. The number of hydrogen-bond acceptors (Lipinski definition) is 2. The molecule has 0 aromatic heterocycles. The van der Waals surface area contributed by atoms with Crippen LogP contribution in [0.4, 0.5) is 5.69 Å². The number of hydrogen-bond donors (Lipinski definition) is 0. The van der Waals surface area contributed by atoms with Crippen LogP contribution in [0.25, 0.3) is 0 Å². The van der Waals surface area contributed by atoms with Gasteiger partial charge in [-0.25, -0.2) is 4.90 Å². The summed E-state index contributed by atoms with van der Waals surface area (Å²) in [5, 5.41) is 0. The van der Waals surface area contributed by atoms with E-state index in [4.69, 9.17) is 0 Å². The molecule has 3 nitrogen and oxygen atoms in total. The number of amides is 2. The van der Waals surface area contributed by atoms with E-state index >= 15 is 0 Å². The highest BCUT2D eigenvalue weighted by Crippen LogP contribution is 2.65. The normalized spacial score (nSPS) is 27.8. The molecule has 3 aromatic rings. The lowest BCUT2D eigenvalue weighted by Crippen LogP contribution is -2.53. The van der Waals surface area contributed by atoms with E-state index in [9.17, 15) is 9.59 Å². The second kappa shape index (κ2) is 6.52. The average molecular weight is 519 g/mol. The number of nitrogens with zero attached hydrogens (tertiary/aromatic N) is 1. The van der Waals surface area contributed by atoms with Crippen LogP contribution in [0.5, 0.6) is 0 Å². The quantitative estimate of drug-likeness (QED) is 0.329. The molecule has 0 N–H and O–H groups in total. The Morgan fingerprint density at radius 2 is 1.52 bits per heavy atom. The highest BCUT2D eigenvalue weighted by Gasteiger charge is 2.67. The van der Waals surface area contributed by atoms with Gasteiger partial charge in [0.2, 0.25) is 11.8 Å². The van der Waals surface area contributed by atoms with Gasteiger partial charge in [0.25, 0.3) is 0 Å². The molecule has 1 aliphatic heterocycles. The lowest BCUT2D eigenvalue weighted by molar-refractivity contribution is -0.123. The molecule has 3 aliphatic carbocycles. The monoisotopic (exact) mass is 519 g/mol. The molecule has 4 aliphatic rings. The van der Waals surface area contributed by atoms with Gasteiger partial charge in [0.15, 0.2) is 0 Å². The molecule has 0 radical (unpaired) electrons. The van der Waals surface area contributed by atoms with E-state index in [2.05, 4.69) is 78.0 Å².